The van der Waals surface area contributed by atoms with Crippen molar-refractivity contribution in [2.24, 2.45) is 0 Å². The van der Waals surface area contributed by atoms with Crippen molar-refractivity contribution < 1.29 is 14.8 Å². The minimum atomic E-state index is -0.368. The number of carbonyl (C=O) groups is 1. The van der Waals surface area contributed by atoms with Crippen LogP contribution in [-0.2, 0) is 0 Å². The Kier molecular flexibility index (Phi) is 5.25. The topological polar surface area (TPSA) is 96.6 Å². The molecule has 1 aliphatic heterocycles. The molecule has 0 radical (unpaired) electrons. The van der Waals surface area contributed by atoms with Crippen LogP contribution in [0.5, 0.6) is 0 Å². The van der Waals surface area contributed by atoms with Crippen LogP contribution in [0.25, 0.3) is 11.3 Å². The van der Waals surface area contributed by atoms with Crippen LogP contribution in [0.15, 0.2) is 30.5 Å². The van der Waals surface area contributed by atoms with Gasteiger partial charge in [-0.3, -0.25) is 19.9 Å². The number of nitrogens with zero attached hydrogens (tertiary/aromatic N) is 3. The first-order chi connectivity index (χ1) is 11.6. The van der Waals surface area contributed by atoms with E-state index >= 15 is 0 Å². The van der Waals surface area contributed by atoms with Gasteiger partial charge in [0.15, 0.2) is 6.29 Å². The lowest BCUT2D eigenvalue weighted by molar-refractivity contribution is -0.384. The lowest BCUT2D eigenvalue weighted by Gasteiger charge is -2.36. The van der Waals surface area contributed by atoms with E-state index in [0.717, 1.165) is 30.9 Å². The Bertz CT molecular complexity index is 776. The number of hydrogen-bond donors (Lipinski definition) is 1. The first-order valence-corrected chi connectivity index (χ1v) is 7.49. The van der Waals surface area contributed by atoms with Gasteiger partial charge >= 0.3 is 0 Å². The molecule has 2 aromatic rings. The molecule has 1 aromatic carbocycles. The van der Waals surface area contributed by atoms with E-state index in [1.165, 1.54) is 12.3 Å². The fraction of sp³-hybridized carbons (Fsp3) is 0.294. The standard InChI is InChI=1S/C16H15N3O3.CH4O/c1-3-13-12-7-10(9-20)8-17-15(12)11-5-4-6-14(19(21)22)16(11)18(13)2;1-2/h4-9,13H,3H2,1-2H3;2H,1H3. The van der Waals surface area contributed by atoms with Crippen LogP contribution in [0, 0.1) is 10.1 Å². The average Bonchev–Trinajstić information content (AvgIpc) is 2.62. The molecule has 7 nitrogen and oxygen atoms in total. The fourth-order valence-electron chi connectivity index (χ4n) is 3.14. The summed E-state index contributed by atoms with van der Waals surface area (Å²) >= 11 is 0. The first kappa shape index (κ1) is 17.6. The van der Waals surface area contributed by atoms with E-state index in [9.17, 15) is 14.9 Å². The Hall–Kier alpha value is -2.80. The van der Waals surface area contributed by atoms with E-state index in [-0.39, 0.29) is 16.7 Å². The second-order valence-corrected chi connectivity index (χ2v) is 5.29. The lowest BCUT2D eigenvalue weighted by atomic mass is 9.89. The summed E-state index contributed by atoms with van der Waals surface area (Å²) in [6.45, 7) is 2.01. The van der Waals surface area contributed by atoms with Crippen LogP contribution in [-0.4, -0.2) is 35.5 Å². The summed E-state index contributed by atoms with van der Waals surface area (Å²) in [5, 5.41) is 18.3. The summed E-state index contributed by atoms with van der Waals surface area (Å²) in [4.78, 5) is 28.3. The maximum Gasteiger partial charge on any atom is 0.293 e. The number of aromatic nitrogens is 1. The SMILES string of the molecule is CCC1c2cc(C=O)cnc2-c2cccc([N+](=O)[O-])c2N1C.CO. The van der Waals surface area contributed by atoms with Crippen LogP contribution in [0.2, 0.25) is 0 Å². The fourth-order valence-corrected chi connectivity index (χ4v) is 3.14. The molecule has 24 heavy (non-hydrogen) atoms. The number of para-hydroxylation sites is 1. The third-order valence-corrected chi connectivity index (χ3v) is 4.11. The van der Waals surface area contributed by atoms with Crippen LogP contribution in [0.3, 0.4) is 0 Å². The molecule has 1 N–H and O–H groups in total. The zero-order chi connectivity index (χ0) is 17.9. The molecule has 0 aliphatic carbocycles. The van der Waals surface area contributed by atoms with Gasteiger partial charge in [0, 0.05) is 43.1 Å². The van der Waals surface area contributed by atoms with E-state index in [1.54, 1.807) is 6.07 Å². The largest absolute Gasteiger partial charge is 0.400 e. The van der Waals surface area contributed by atoms with Crippen molar-refractivity contribution in [1.82, 2.24) is 4.98 Å². The van der Waals surface area contributed by atoms with Gasteiger partial charge in [-0.25, -0.2) is 0 Å². The van der Waals surface area contributed by atoms with Crippen LogP contribution >= 0.6 is 0 Å². The number of nitro benzene ring substituents is 1. The molecule has 3 rings (SSSR count). The molecular weight excluding hydrogens is 310 g/mol. The molecule has 0 saturated carbocycles. The third-order valence-electron chi connectivity index (χ3n) is 4.11. The third kappa shape index (κ3) is 2.74. The summed E-state index contributed by atoms with van der Waals surface area (Å²) < 4.78 is 0. The maximum absolute atomic E-state index is 11.3. The molecule has 0 spiro atoms. The zero-order valence-electron chi connectivity index (χ0n) is 13.8. The van der Waals surface area contributed by atoms with Crippen molar-refractivity contribution in [2.75, 3.05) is 19.1 Å². The molecule has 2 heterocycles. The minimum absolute atomic E-state index is 0.0454. The zero-order valence-corrected chi connectivity index (χ0v) is 13.8. The predicted molar refractivity (Wildman–Crippen MR) is 91.3 cm³/mol. The summed E-state index contributed by atoms with van der Waals surface area (Å²) in [7, 11) is 2.84. The molecule has 126 valence electrons. The number of aldehydes is 1. The summed E-state index contributed by atoms with van der Waals surface area (Å²) in [5.41, 5.74) is 3.55. The number of nitro groups is 1. The van der Waals surface area contributed by atoms with Gasteiger partial charge < -0.3 is 10.0 Å². The van der Waals surface area contributed by atoms with E-state index < -0.39 is 0 Å². The number of aliphatic hydroxyl groups excluding tert-OH is 1. The molecule has 0 bridgehead atoms. The van der Waals surface area contributed by atoms with Gasteiger partial charge in [-0.2, -0.15) is 0 Å². The summed E-state index contributed by atoms with van der Waals surface area (Å²) in [6.07, 6.45) is 3.04. The van der Waals surface area contributed by atoms with Crippen molar-refractivity contribution in [3.63, 3.8) is 0 Å². The van der Waals surface area contributed by atoms with Gasteiger partial charge in [0.2, 0.25) is 0 Å². The molecular formula is C17H19N3O4. The van der Waals surface area contributed by atoms with Gasteiger partial charge in [0.25, 0.3) is 5.69 Å². The Labute approximate surface area is 139 Å². The number of pyridine rings is 1. The van der Waals surface area contributed by atoms with Crippen LogP contribution in [0.4, 0.5) is 11.4 Å². The number of rotatable bonds is 3. The van der Waals surface area contributed by atoms with Crippen LogP contribution in [0.1, 0.15) is 35.3 Å². The van der Waals surface area contributed by atoms with E-state index in [0.29, 0.717) is 16.9 Å². The van der Waals surface area contributed by atoms with Gasteiger partial charge in [0.1, 0.15) is 5.69 Å². The average molecular weight is 329 g/mol. The Morgan fingerprint density at radius 2 is 2.12 bits per heavy atom. The van der Waals surface area contributed by atoms with Gasteiger partial charge in [0.05, 0.1) is 16.7 Å². The molecule has 0 fully saturated rings. The van der Waals surface area contributed by atoms with E-state index in [4.69, 9.17) is 5.11 Å². The van der Waals surface area contributed by atoms with Gasteiger partial charge in [-0.05, 0) is 12.5 Å². The van der Waals surface area contributed by atoms with E-state index in [1.807, 2.05) is 31.0 Å². The predicted octanol–water partition coefficient (Wildman–Crippen LogP) is 2.98. The molecule has 0 amide bonds. The minimum Gasteiger partial charge on any atom is -0.400 e. The Morgan fingerprint density at radius 1 is 1.42 bits per heavy atom. The summed E-state index contributed by atoms with van der Waals surface area (Å²) in [5.74, 6) is 0. The van der Waals surface area contributed by atoms with Crippen molar-refractivity contribution in [1.29, 1.82) is 0 Å². The van der Waals surface area contributed by atoms with Crippen molar-refractivity contribution in [2.45, 2.75) is 19.4 Å². The molecule has 1 aliphatic rings. The number of fused-ring (bicyclic) bond motifs is 3. The number of carbonyl (C=O) groups excluding carboxylic acids is 1. The highest BCUT2D eigenvalue weighted by Gasteiger charge is 2.33. The molecule has 1 unspecified atom stereocenters. The van der Waals surface area contributed by atoms with Crippen molar-refractivity contribution in [3.8, 4) is 11.3 Å². The monoisotopic (exact) mass is 329 g/mol. The van der Waals surface area contributed by atoms with Crippen LogP contribution < -0.4 is 4.90 Å². The van der Waals surface area contributed by atoms with Crippen molar-refractivity contribution in [3.05, 3.63) is 51.7 Å². The second-order valence-electron chi connectivity index (χ2n) is 5.29. The number of hydrogen-bond acceptors (Lipinski definition) is 6. The highest BCUT2D eigenvalue weighted by atomic mass is 16.6. The number of benzene rings is 1. The van der Waals surface area contributed by atoms with E-state index in [2.05, 4.69) is 4.98 Å². The Morgan fingerprint density at radius 3 is 2.71 bits per heavy atom. The lowest BCUT2D eigenvalue weighted by Crippen LogP contribution is -2.29. The highest BCUT2D eigenvalue weighted by Crippen LogP contribution is 2.48. The molecule has 1 atom stereocenters. The molecule has 0 saturated heterocycles. The van der Waals surface area contributed by atoms with Crippen molar-refractivity contribution >= 4 is 17.7 Å². The molecule has 1 aromatic heterocycles. The first-order valence-electron chi connectivity index (χ1n) is 7.49. The molecule has 7 heteroatoms. The van der Waals surface area contributed by atoms with Gasteiger partial charge in [-0.1, -0.05) is 19.1 Å². The summed E-state index contributed by atoms with van der Waals surface area (Å²) in [6, 6.07) is 6.78. The normalized spacial score (nSPS) is 14.8. The second kappa shape index (κ2) is 7.18. The quantitative estimate of drug-likeness (QED) is 0.528. The number of aliphatic hydroxyl groups is 1. The Balaban J connectivity index is 0.00000100. The van der Waals surface area contributed by atoms with Gasteiger partial charge in [-0.15, -0.1) is 0 Å². The smallest absolute Gasteiger partial charge is 0.293 e. The highest BCUT2D eigenvalue weighted by molar-refractivity contribution is 5.89. The maximum atomic E-state index is 11.3. The number of anilines is 1.